The second-order valence-electron chi connectivity index (χ2n) is 3.97. The Hall–Kier alpha value is -0.630. The minimum absolute atomic E-state index is 0.0524. The SMILES string of the molecule is CC(=O)CC(O)C(C)CC=C(C)C. The molecule has 0 saturated carbocycles. The Balaban J connectivity index is 3.89. The van der Waals surface area contributed by atoms with Crippen molar-refractivity contribution < 1.29 is 9.90 Å². The summed E-state index contributed by atoms with van der Waals surface area (Å²) in [6, 6.07) is 0. The molecule has 76 valence electrons. The second-order valence-corrected chi connectivity index (χ2v) is 3.97. The van der Waals surface area contributed by atoms with Crippen molar-refractivity contribution in [2.24, 2.45) is 5.92 Å². The Morgan fingerprint density at radius 3 is 2.31 bits per heavy atom. The van der Waals surface area contributed by atoms with E-state index in [-0.39, 0.29) is 18.1 Å². The molecule has 0 heterocycles. The number of aliphatic hydroxyl groups is 1. The summed E-state index contributed by atoms with van der Waals surface area (Å²) in [4.78, 5) is 10.7. The minimum atomic E-state index is -0.493. The van der Waals surface area contributed by atoms with Crippen LogP contribution in [0.25, 0.3) is 0 Å². The molecular weight excluding hydrogens is 164 g/mol. The van der Waals surface area contributed by atoms with E-state index in [1.807, 2.05) is 20.8 Å². The van der Waals surface area contributed by atoms with E-state index in [0.29, 0.717) is 0 Å². The highest BCUT2D eigenvalue weighted by Crippen LogP contribution is 2.13. The number of rotatable bonds is 5. The van der Waals surface area contributed by atoms with Gasteiger partial charge in [0.2, 0.25) is 0 Å². The number of allylic oxidation sites excluding steroid dienone is 2. The summed E-state index contributed by atoms with van der Waals surface area (Å²) in [7, 11) is 0. The van der Waals surface area contributed by atoms with Gasteiger partial charge in [-0.15, -0.1) is 0 Å². The maximum atomic E-state index is 10.7. The first-order valence-corrected chi connectivity index (χ1v) is 4.74. The van der Waals surface area contributed by atoms with Gasteiger partial charge in [0.15, 0.2) is 0 Å². The molecule has 0 spiro atoms. The topological polar surface area (TPSA) is 37.3 Å². The van der Waals surface area contributed by atoms with Crippen molar-refractivity contribution in [1.82, 2.24) is 0 Å². The third-order valence-corrected chi connectivity index (χ3v) is 2.05. The maximum Gasteiger partial charge on any atom is 0.132 e. The minimum Gasteiger partial charge on any atom is -0.392 e. The summed E-state index contributed by atoms with van der Waals surface area (Å²) in [5.41, 5.74) is 1.25. The van der Waals surface area contributed by atoms with Crippen molar-refractivity contribution in [3.63, 3.8) is 0 Å². The highest BCUT2D eigenvalue weighted by atomic mass is 16.3. The number of carbonyl (C=O) groups is 1. The molecule has 0 rings (SSSR count). The Morgan fingerprint density at radius 1 is 1.38 bits per heavy atom. The monoisotopic (exact) mass is 184 g/mol. The Morgan fingerprint density at radius 2 is 1.92 bits per heavy atom. The number of hydrogen-bond acceptors (Lipinski definition) is 2. The third kappa shape index (κ3) is 6.52. The van der Waals surface area contributed by atoms with Crippen LogP contribution in [0.4, 0.5) is 0 Å². The van der Waals surface area contributed by atoms with Gasteiger partial charge in [0.05, 0.1) is 6.10 Å². The molecule has 0 amide bonds. The summed E-state index contributed by atoms with van der Waals surface area (Å²) >= 11 is 0. The normalized spacial score (nSPS) is 14.8. The number of aliphatic hydroxyl groups excluding tert-OH is 1. The molecule has 0 aliphatic carbocycles. The van der Waals surface area contributed by atoms with Gasteiger partial charge < -0.3 is 5.11 Å². The van der Waals surface area contributed by atoms with Crippen molar-refractivity contribution in [3.05, 3.63) is 11.6 Å². The quantitative estimate of drug-likeness (QED) is 0.666. The lowest BCUT2D eigenvalue weighted by Gasteiger charge is -2.15. The van der Waals surface area contributed by atoms with Gasteiger partial charge in [0.1, 0.15) is 5.78 Å². The van der Waals surface area contributed by atoms with Crippen LogP contribution in [-0.2, 0) is 4.79 Å². The number of hydrogen-bond donors (Lipinski definition) is 1. The molecule has 0 aromatic heterocycles. The summed E-state index contributed by atoms with van der Waals surface area (Å²) in [6.07, 6.45) is 2.72. The van der Waals surface area contributed by atoms with E-state index >= 15 is 0 Å². The van der Waals surface area contributed by atoms with Crippen LogP contribution in [0.1, 0.15) is 40.5 Å². The lowest BCUT2D eigenvalue weighted by molar-refractivity contribution is -0.119. The van der Waals surface area contributed by atoms with Crippen LogP contribution in [-0.4, -0.2) is 17.0 Å². The lowest BCUT2D eigenvalue weighted by Crippen LogP contribution is -2.19. The molecule has 2 atom stereocenters. The van der Waals surface area contributed by atoms with Crippen LogP contribution in [0.5, 0.6) is 0 Å². The molecule has 13 heavy (non-hydrogen) atoms. The smallest absolute Gasteiger partial charge is 0.132 e. The molecule has 0 aliphatic heterocycles. The maximum absolute atomic E-state index is 10.7. The summed E-state index contributed by atoms with van der Waals surface area (Å²) in [5.74, 6) is 0.218. The van der Waals surface area contributed by atoms with Gasteiger partial charge in [0, 0.05) is 6.42 Å². The molecule has 0 saturated heterocycles. The van der Waals surface area contributed by atoms with Gasteiger partial charge in [-0.1, -0.05) is 18.6 Å². The van der Waals surface area contributed by atoms with Crippen LogP contribution >= 0.6 is 0 Å². The van der Waals surface area contributed by atoms with Gasteiger partial charge in [0.25, 0.3) is 0 Å². The van der Waals surface area contributed by atoms with Crippen LogP contribution in [0.15, 0.2) is 11.6 Å². The average Bonchev–Trinajstić information content (AvgIpc) is 1.98. The van der Waals surface area contributed by atoms with Crippen molar-refractivity contribution >= 4 is 5.78 Å². The first-order valence-electron chi connectivity index (χ1n) is 4.74. The van der Waals surface area contributed by atoms with E-state index in [2.05, 4.69) is 6.08 Å². The Labute approximate surface area is 80.7 Å². The van der Waals surface area contributed by atoms with Crippen LogP contribution in [0.3, 0.4) is 0 Å². The van der Waals surface area contributed by atoms with Crippen molar-refractivity contribution in [2.75, 3.05) is 0 Å². The van der Waals surface area contributed by atoms with E-state index in [4.69, 9.17) is 0 Å². The molecule has 0 aromatic carbocycles. The fraction of sp³-hybridized carbons (Fsp3) is 0.727. The first kappa shape index (κ1) is 12.4. The van der Waals surface area contributed by atoms with Gasteiger partial charge >= 0.3 is 0 Å². The Kier molecular flexibility index (Phi) is 5.63. The van der Waals surface area contributed by atoms with E-state index in [9.17, 15) is 9.90 Å². The summed E-state index contributed by atoms with van der Waals surface area (Å²) in [6.45, 7) is 7.54. The first-order chi connectivity index (χ1) is 5.93. The van der Waals surface area contributed by atoms with Crippen molar-refractivity contribution in [3.8, 4) is 0 Å². The van der Waals surface area contributed by atoms with Crippen LogP contribution in [0.2, 0.25) is 0 Å². The zero-order valence-electron chi connectivity index (χ0n) is 9.00. The van der Waals surface area contributed by atoms with Gasteiger partial charge in [-0.05, 0) is 33.1 Å². The molecule has 0 fully saturated rings. The average molecular weight is 184 g/mol. The third-order valence-electron chi connectivity index (χ3n) is 2.05. The molecule has 1 N–H and O–H groups in total. The number of Topliss-reactive ketones (excluding diaryl/α,β-unsaturated/α-hetero) is 1. The predicted molar refractivity (Wildman–Crippen MR) is 54.5 cm³/mol. The fourth-order valence-corrected chi connectivity index (χ4v) is 1.07. The van der Waals surface area contributed by atoms with Crippen molar-refractivity contribution in [2.45, 2.75) is 46.6 Å². The summed E-state index contributed by atoms with van der Waals surface area (Å²) in [5, 5.41) is 9.55. The Bertz CT molecular complexity index is 190. The van der Waals surface area contributed by atoms with Gasteiger partial charge in [-0.3, -0.25) is 4.79 Å². The molecule has 2 nitrogen and oxygen atoms in total. The lowest BCUT2D eigenvalue weighted by atomic mass is 9.96. The molecule has 0 aromatic rings. The van der Waals surface area contributed by atoms with E-state index in [1.165, 1.54) is 12.5 Å². The van der Waals surface area contributed by atoms with Gasteiger partial charge in [-0.2, -0.15) is 0 Å². The molecule has 2 unspecified atom stereocenters. The fourth-order valence-electron chi connectivity index (χ4n) is 1.07. The zero-order valence-corrected chi connectivity index (χ0v) is 9.00. The van der Waals surface area contributed by atoms with E-state index < -0.39 is 6.10 Å². The molecule has 0 radical (unpaired) electrons. The van der Waals surface area contributed by atoms with Crippen LogP contribution < -0.4 is 0 Å². The van der Waals surface area contributed by atoms with E-state index in [0.717, 1.165) is 6.42 Å². The highest BCUT2D eigenvalue weighted by Gasteiger charge is 2.14. The largest absolute Gasteiger partial charge is 0.392 e. The number of ketones is 1. The van der Waals surface area contributed by atoms with E-state index in [1.54, 1.807) is 0 Å². The highest BCUT2D eigenvalue weighted by molar-refractivity contribution is 5.75. The molecule has 2 heteroatoms. The van der Waals surface area contributed by atoms with Crippen LogP contribution in [0, 0.1) is 5.92 Å². The predicted octanol–water partition coefficient (Wildman–Crippen LogP) is 2.32. The summed E-state index contributed by atoms with van der Waals surface area (Å²) < 4.78 is 0. The second kappa shape index (κ2) is 5.92. The zero-order chi connectivity index (χ0) is 10.4. The molecule has 0 bridgehead atoms. The molecule has 0 aliphatic rings. The molecular formula is C11H20O2. The standard InChI is InChI=1S/C11H20O2/c1-8(2)5-6-9(3)11(13)7-10(4)12/h5,9,11,13H,6-7H2,1-4H3. The number of carbonyl (C=O) groups excluding carboxylic acids is 1. The van der Waals surface area contributed by atoms with Gasteiger partial charge in [-0.25, -0.2) is 0 Å². The van der Waals surface area contributed by atoms with Crippen molar-refractivity contribution in [1.29, 1.82) is 0 Å².